The van der Waals surface area contributed by atoms with Crippen molar-refractivity contribution < 1.29 is 18.0 Å². The van der Waals surface area contributed by atoms with Gasteiger partial charge in [0.05, 0.1) is 10.6 Å². The van der Waals surface area contributed by atoms with E-state index < -0.39 is 21.7 Å². The van der Waals surface area contributed by atoms with Crippen molar-refractivity contribution >= 4 is 33.3 Å². The Bertz CT molecular complexity index is 569. The largest absolute Gasteiger partial charge is 0.274 e. The van der Waals surface area contributed by atoms with Crippen molar-refractivity contribution in [3.63, 3.8) is 0 Å². The standard InChI is InChI=1S/C11H13ClN2O4S/c1-8(15)13-14-11(16)6-7-19(17,18)10-4-2-9(12)3-5-10/h2-5H,6-7H2,1H3,(H,13,15)(H,14,16). The summed E-state index contributed by atoms with van der Waals surface area (Å²) in [4.78, 5) is 21.9. The average Bonchev–Trinajstić information content (AvgIpc) is 2.34. The second-order valence-electron chi connectivity index (χ2n) is 3.75. The lowest BCUT2D eigenvalue weighted by Crippen LogP contribution is -2.40. The first-order chi connectivity index (χ1) is 8.81. The molecule has 0 atom stereocenters. The number of carbonyl (C=O) groups is 2. The minimum Gasteiger partial charge on any atom is -0.274 e. The molecule has 19 heavy (non-hydrogen) atoms. The third-order valence-electron chi connectivity index (χ3n) is 2.15. The normalized spacial score (nSPS) is 10.8. The smallest absolute Gasteiger partial charge is 0.239 e. The first-order valence-electron chi connectivity index (χ1n) is 5.35. The molecule has 1 aromatic rings. The summed E-state index contributed by atoms with van der Waals surface area (Å²) in [5, 5.41) is 0.433. The van der Waals surface area contributed by atoms with Crippen molar-refractivity contribution in [2.45, 2.75) is 18.2 Å². The molecule has 2 amide bonds. The van der Waals surface area contributed by atoms with Gasteiger partial charge in [-0.25, -0.2) is 8.42 Å². The van der Waals surface area contributed by atoms with Gasteiger partial charge >= 0.3 is 0 Å². The Morgan fingerprint density at radius 2 is 1.74 bits per heavy atom. The van der Waals surface area contributed by atoms with Crippen molar-refractivity contribution in [3.05, 3.63) is 29.3 Å². The number of hydrogen-bond donors (Lipinski definition) is 2. The molecular formula is C11H13ClN2O4S. The van der Waals surface area contributed by atoms with E-state index in [-0.39, 0.29) is 17.1 Å². The van der Waals surface area contributed by atoms with E-state index in [1.165, 1.54) is 31.2 Å². The quantitative estimate of drug-likeness (QED) is 0.800. The van der Waals surface area contributed by atoms with E-state index in [0.29, 0.717) is 5.02 Å². The third kappa shape index (κ3) is 5.27. The second-order valence-corrected chi connectivity index (χ2v) is 6.30. The molecule has 104 valence electrons. The monoisotopic (exact) mass is 304 g/mol. The number of sulfone groups is 1. The number of amides is 2. The van der Waals surface area contributed by atoms with Crippen LogP contribution in [-0.2, 0) is 19.4 Å². The Balaban J connectivity index is 2.58. The summed E-state index contributed by atoms with van der Waals surface area (Å²) in [5.41, 5.74) is 4.17. The fourth-order valence-corrected chi connectivity index (χ4v) is 2.57. The zero-order chi connectivity index (χ0) is 14.5. The van der Waals surface area contributed by atoms with Crippen LogP contribution < -0.4 is 10.9 Å². The van der Waals surface area contributed by atoms with Gasteiger partial charge in [0, 0.05) is 18.4 Å². The van der Waals surface area contributed by atoms with E-state index in [1.807, 2.05) is 0 Å². The Labute approximate surface area is 116 Å². The van der Waals surface area contributed by atoms with Crippen LogP contribution in [0.2, 0.25) is 5.02 Å². The highest BCUT2D eigenvalue weighted by molar-refractivity contribution is 7.91. The lowest BCUT2D eigenvalue weighted by atomic mass is 10.4. The van der Waals surface area contributed by atoms with Gasteiger partial charge in [-0.1, -0.05) is 11.6 Å². The highest BCUT2D eigenvalue weighted by Crippen LogP contribution is 2.15. The molecule has 0 saturated carbocycles. The summed E-state index contributed by atoms with van der Waals surface area (Å²) >= 11 is 5.66. The van der Waals surface area contributed by atoms with E-state index in [1.54, 1.807) is 0 Å². The van der Waals surface area contributed by atoms with Crippen LogP contribution in [0.5, 0.6) is 0 Å². The van der Waals surface area contributed by atoms with E-state index >= 15 is 0 Å². The van der Waals surface area contributed by atoms with Crippen molar-refractivity contribution in [1.82, 2.24) is 10.9 Å². The Morgan fingerprint density at radius 3 is 2.26 bits per heavy atom. The van der Waals surface area contributed by atoms with Gasteiger partial charge in [0.1, 0.15) is 0 Å². The summed E-state index contributed by atoms with van der Waals surface area (Å²) in [7, 11) is -3.54. The number of hydrogen-bond acceptors (Lipinski definition) is 4. The molecular weight excluding hydrogens is 292 g/mol. The molecule has 0 saturated heterocycles. The second kappa shape index (κ2) is 6.53. The van der Waals surface area contributed by atoms with Crippen molar-refractivity contribution in [2.75, 3.05) is 5.75 Å². The maximum atomic E-state index is 11.9. The van der Waals surface area contributed by atoms with Crippen LogP contribution in [0.25, 0.3) is 0 Å². The van der Waals surface area contributed by atoms with Gasteiger partial charge in [-0.2, -0.15) is 0 Å². The molecule has 2 N–H and O–H groups in total. The summed E-state index contributed by atoms with van der Waals surface area (Å²) in [6.45, 7) is 1.23. The zero-order valence-electron chi connectivity index (χ0n) is 10.1. The summed E-state index contributed by atoms with van der Waals surface area (Å²) in [5.74, 6) is -1.36. The van der Waals surface area contributed by atoms with Gasteiger partial charge in [0.15, 0.2) is 9.84 Å². The fourth-order valence-electron chi connectivity index (χ4n) is 1.21. The molecule has 0 aliphatic carbocycles. The van der Waals surface area contributed by atoms with Crippen LogP contribution in [0, 0.1) is 0 Å². The maximum absolute atomic E-state index is 11.9. The lowest BCUT2D eigenvalue weighted by molar-refractivity contribution is -0.127. The molecule has 6 nitrogen and oxygen atoms in total. The van der Waals surface area contributed by atoms with Crippen LogP contribution >= 0.6 is 11.6 Å². The number of benzene rings is 1. The van der Waals surface area contributed by atoms with Gasteiger partial charge in [0.2, 0.25) is 11.8 Å². The van der Waals surface area contributed by atoms with Gasteiger partial charge in [-0.05, 0) is 24.3 Å². The minimum absolute atomic E-state index is 0.101. The van der Waals surface area contributed by atoms with E-state index in [4.69, 9.17) is 11.6 Å². The molecule has 1 aromatic carbocycles. The lowest BCUT2D eigenvalue weighted by Gasteiger charge is -2.06. The topological polar surface area (TPSA) is 92.3 Å². The molecule has 0 aliphatic heterocycles. The van der Waals surface area contributed by atoms with Crippen molar-refractivity contribution in [1.29, 1.82) is 0 Å². The minimum atomic E-state index is -3.54. The van der Waals surface area contributed by atoms with Crippen molar-refractivity contribution in [2.24, 2.45) is 0 Å². The molecule has 0 radical (unpaired) electrons. The molecule has 0 aromatic heterocycles. The van der Waals surface area contributed by atoms with E-state index in [9.17, 15) is 18.0 Å². The maximum Gasteiger partial charge on any atom is 0.239 e. The fraction of sp³-hybridized carbons (Fsp3) is 0.273. The van der Waals surface area contributed by atoms with Gasteiger partial charge < -0.3 is 0 Å². The van der Waals surface area contributed by atoms with Gasteiger partial charge in [-0.15, -0.1) is 0 Å². The number of rotatable bonds is 4. The average molecular weight is 305 g/mol. The molecule has 8 heteroatoms. The van der Waals surface area contributed by atoms with Crippen LogP contribution in [0.15, 0.2) is 29.2 Å². The number of halogens is 1. The molecule has 0 aliphatic rings. The SMILES string of the molecule is CC(=O)NNC(=O)CCS(=O)(=O)c1ccc(Cl)cc1. The molecule has 0 bridgehead atoms. The van der Waals surface area contributed by atoms with Gasteiger partial charge in [0.25, 0.3) is 0 Å². The summed E-state index contributed by atoms with van der Waals surface area (Å²) in [6.07, 6.45) is -0.245. The van der Waals surface area contributed by atoms with Crippen LogP contribution in [-0.4, -0.2) is 26.0 Å². The Kier molecular flexibility index (Phi) is 5.31. The molecule has 0 fully saturated rings. The first kappa shape index (κ1) is 15.5. The number of hydrazine groups is 1. The summed E-state index contributed by atoms with van der Waals surface area (Å²) < 4.78 is 23.8. The molecule has 1 rings (SSSR count). The number of carbonyl (C=O) groups excluding carboxylic acids is 2. The van der Waals surface area contributed by atoms with Crippen LogP contribution in [0.1, 0.15) is 13.3 Å². The van der Waals surface area contributed by atoms with E-state index in [0.717, 1.165) is 0 Å². The number of nitrogens with one attached hydrogen (secondary N) is 2. The third-order valence-corrected chi connectivity index (χ3v) is 4.13. The zero-order valence-corrected chi connectivity index (χ0v) is 11.7. The molecule has 0 spiro atoms. The predicted molar refractivity (Wildman–Crippen MR) is 70.1 cm³/mol. The molecule has 0 heterocycles. The highest BCUT2D eigenvalue weighted by Gasteiger charge is 2.16. The highest BCUT2D eigenvalue weighted by atomic mass is 35.5. The first-order valence-corrected chi connectivity index (χ1v) is 7.38. The van der Waals surface area contributed by atoms with E-state index in [2.05, 4.69) is 10.9 Å². The van der Waals surface area contributed by atoms with Crippen LogP contribution in [0.3, 0.4) is 0 Å². The van der Waals surface area contributed by atoms with Gasteiger partial charge in [-0.3, -0.25) is 20.4 Å². The Morgan fingerprint density at radius 1 is 1.16 bits per heavy atom. The van der Waals surface area contributed by atoms with Crippen LogP contribution in [0.4, 0.5) is 0 Å². The molecule has 0 unspecified atom stereocenters. The Hall–Kier alpha value is -1.60. The predicted octanol–water partition coefficient (Wildman–Crippen LogP) is 0.671. The van der Waals surface area contributed by atoms with Crippen molar-refractivity contribution in [3.8, 4) is 0 Å². The summed E-state index contributed by atoms with van der Waals surface area (Å²) in [6, 6.07) is 5.68.